The molecule has 0 spiro atoms. The molecule has 25 heavy (non-hydrogen) atoms. The Labute approximate surface area is 155 Å². The first kappa shape index (κ1) is 17.8. The molecule has 1 aromatic carbocycles. The van der Waals surface area contributed by atoms with Crippen LogP contribution in [0.4, 0.5) is 5.82 Å². The first-order valence-electron chi connectivity index (χ1n) is 7.93. The number of hydrogen-bond acceptors (Lipinski definition) is 4. The van der Waals surface area contributed by atoms with Gasteiger partial charge in [0.2, 0.25) is 5.91 Å². The van der Waals surface area contributed by atoms with Crippen LogP contribution >= 0.6 is 23.2 Å². The van der Waals surface area contributed by atoms with E-state index in [1.165, 1.54) is 0 Å². The zero-order valence-electron chi connectivity index (χ0n) is 13.6. The SMILES string of the molecule is Cc1cc(NC(=O)C2CCN(C(=O)c3cccc(Cl)c3Cl)CC2)no1. The van der Waals surface area contributed by atoms with E-state index in [0.29, 0.717) is 48.1 Å². The normalized spacial score (nSPS) is 15.2. The fourth-order valence-electron chi connectivity index (χ4n) is 2.84. The number of amides is 2. The summed E-state index contributed by atoms with van der Waals surface area (Å²) < 4.78 is 4.93. The largest absolute Gasteiger partial charge is 0.360 e. The highest BCUT2D eigenvalue weighted by Crippen LogP contribution is 2.28. The minimum Gasteiger partial charge on any atom is -0.360 e. The third-order valence-electron chi connectivity index (χ3n) is 4.21. The van der Waals surface area contributed by atoms with E-state index in [1.807, 2.05) is 0 Å². The van der Waals surface area contributed by atoms with Gasteiger partial charge in [-0.15, -0.1) is 0 Å². The average molecular weight is 382 g/mol. The molecule has 0 radical (unpaired) electrons. The lowest BCUT2D eigenvalue weighted by molar-refractivity contribution is -0.121. The third kappa shape index (κ3) is 3.96. The quantitative estimate of drug-likeness (QED) is 0.877. The van der Waals surface area contributed by atoms with Crippen LogP contribution in [0.15, 0.2) is 28.8 Å². The predicted molar refractivity (Wildman–Crippen MR) is 95.0 cm³/mol. The lowest BCUT2D eigenvalue weighted by Crippen LogP contribution is -2.41. The Morgan fingerprint density at radius 2 is 2.00 bits per heavy atom. The number of piperidine rings is 1. The highest BCUT2D eigenvalue weighted by molar-refractivity contribution is 6.43. The molecule has 2 amide bonds. The van der Waals surface area contributed by atoms with Crippen LogP contribution in [0, 0.1) is 12.8 Å². The molecule has 1 aliphatic rings. The second-order valence-corrected chi connectivity index (χ2v) is 6.77. The van der Waals surface area contributed by atoms with Gasteiger partial charge in [-0.05, 0) is 31.9 Å². The zero-order valence-corrected chi connectivity index (χ0v) is 15.1. The van der Waals surface area contributed by atoms with Gasteiger partial charge >= 0.3 is 0 Å². The molecule has 1 saturated heterocycles. The second-order valence-electron chi connectivity index (χ2n) is 5.98. The Hall–Kier alpha value is -2.05. The van der Waals surface area contributed by atoms with Gasteiger partial charge in [0.1, 0.15) is 5.76 Å². The van der Waals surface area contributed by atoms with Gasteiger partial charge in [0.05, 0.1) is 15.6 Å². The number of likely N-dealkylation sites (tertiary alicyclic amines) is 1. The molecule has 0 unspecified atom stereocenters. The first-order chi connectivity index (χ1) is 12.0. The van der Waals surface area contributed by atoms with E-state index < -0.39 is 0 Å². The molecule has 3 rings (SSSR count). The van der Waals surface area contributed by atoms with Crippen molar-refractivity contribution in [3.63, 3.8) is 0 Å². The highest BCUT2D eigenvalue weighted by atomic mass is 35.5. The molecule has 8 heteroatoms. The first-order valence-corrected chi connectivity index (χ1v) is 8.69. The van der Waals surface area contributed by atoms with E-state index in [1.54, 1.807) is 36.1 Å². The molecule has 0 aliphatic carbocycles. The summed E-state index contributed by atoms with van der Waals surface area (Å²) in [7, 11) is 0. The Kier molecular flexibility index (Phi) is 5.30. The second kappa shape index (κ2) is 7.45. The van der Waals surface area contributed by atoms with Crippen molar-refractivity contribution in [1.82, 2.24) is 10.1 Å². The number of anilines is 1. The Morgan fingerprint density at radius 3 is 2.64 bits per heavy atom. The average Bonchev–Trinajstić information content (AvgIpc) is 3.01. The summed E-state index contributed by atoms with van der Waals surface area (Å²) in [5, 5.41) is 7.10. The van der Waals surface area contributed by atoms with Crippen molar-refractivity contribution in [2.24, 2.45) is 5.92 Å². The third-order valence-corrected chi connectivity index (χ3v) is 5.03. The molecule has 2 heterocycles. The van der Waals surface area contributed by atoms with Gasteiger partial charge in [-0.25, -0.2) is 0 Å². The maximum absolute atomic E-state index is 12.6. The fourth-order valence-corrected chi connectivity index (χ4v) is 3.22. The number of aryl methyl sites for hydroxylation is 1. The molecule has 132 valence electrons. The van der Waals surface area contributed by atoms with Crippen LogP contribution in [0.3, 0.4) is 0 Å². The van der Waals surface area contributed by atoms with Crippen LogP contribution in [-0.4, -0.2) is 35.0 Å². The van der Waals surface area contributed by atoms with Crippen LogP contribution in [0.5, 0.6) is 0 Å². The summed E-state index contributed by atoms with van der Waals surface area (Å²) >= 11 is 12.1. The molecule has 1 aliphatic heterocycles. The minimum absolute atomic E-state index is 0.110. The van der Waals surface area contributed by atoms with Crippen LogP contribution in [-0.2, 0) is 4.79 Å². The van der Waals surface area contributed by atoms with Gasteiger partial charge in [-0.2, -0.15) is 0 Å². The molecule has 1 N–H and O–H groups in total. The smallest absolute Gasteiger partial charge is 0.255 e. The molecule has 2 aromatic rings. The van der Waals surface area contributed by atoms with Gasteiger partial charge in [-0.3, -0.25) is 9.59 Å². The molecular formula is C17H17Cl2N3O3. The molecule has 0 saturated carbocycles. The van der Waals surface area contributed by atoms with Gasteiger partial charge in [-0.1, -0.05) is 34.4 Å². The van der Waals surface area contributed by atoms with Gasteiger partial charge in [0.15, 0.2) is 5.82 Å². The molecule has 0 atom stereocenters. The standard InChI is InChI=1S/C17H17Cl2N3O3/c1-10-9-14(21-25-10)20-16(23)11-5-7-22(8-6-11)17(24)12-3-2-4-13(18)15(12)19/h2-4,9,11H,5-8H2,1H3,(H,20,21,23). The summed E-state index contributed by atoms with van der Waals surface area (Å²) in [5.41, 5.74) is 0.384. The number of hydrogen-bond donors (Lipinski definition) is 1. The van der Waals surface area contributed by atoms with E-state index in [0.717, 1.165) is 0 Å². The monoisotopic (exact) mass is 381 g/mol. The van der Waals surface area contributed by atoms with Crippen LogP contribution in [0.2, 0.25) is 10.0 Å². The fraction of sp³-hybridized carbons (Fsp3) is 0.353. The van der Waals surface area contributed by atoms with E-state index in [-0.39, 0.29) is 22.8 Å². The summed E-state index contributed by atoms with van der Waals surface area (Å²) in [6, 6.07) is 6.66. The summed E-state index contributed by atoms with van der Waals surface area (Å²) in [5.74, 6) is 0.594. The van der Waals surface area contributed by atoms with Crippen molar-refractivity contribution in [3.8, 4) is 0 Å². The Balaban J connectivity index is 1.58. The topological polar surface area (TPSA) is 75.4 Å². The summed E-state index contributed by atoms with van der Waals surface area (Å²) in [6.45, 7) is 2.73. The number of carbonyl (C=O) groups excluding carboxylic acids is 2. The maximum atomic E-state index is 12.6. The molecule has 1 fully saturated rings. The van der Waals surface area contributed by atoms with Crippen molar-refractivity contribution in [2.75, 3.05) is 18.4 Å². The van der Waals surface area contributed by atoms with Crippen molar-refractivity contribution in [2.45, 2.75) is 19.8 Å². The van der Waals surface area contributed by atoms with E-state index in [9.17, 15) is 9.59 Å². The number of nitrogens with one attached hydrogen (secondary N) is 1. The van der Waals surface area contributed by atoms with E-state index in [2.05, 4.69) is 10.5 Å². The van der Waals surface area contributed by atoms with E-state index >= 15 is 0 Å². The van der Waals surface area contributed by atoms with Crippen molar-refractivity contribution < 1.29 is 14.1 Å². The summed E-state index contributed by atoms with van der Waals surface area (Å²) in [4.78, 5) is 26.6. The van der Waals surface area contributed by atoms with Crippen LogP contribution in [0.1, 0.15) is 29.0 Å². The number of halogens is 2. The summed E-state index contributed by atoms with van der Waals surface area (Å²) in [6.07, 6.45) is 1.15. The number of rotatable bonds is 3. The maximum Gasteiger partial charge on any atom is 0.255 e. The number of carbonyl (C=O) groups is 2. The van der Waals surface area contributed by atoms with Gasteiger partial charge < -0.3 is 14.7 Å². The molecule has 0 bridgehead atoms. The highest BCUT2D eigenvalue weighted by Gasteiger charge is 2.29. The van der Waals surface area contributed by atoms with Crippen LogP contribution < -0.4 is 5.32 Å². The van der Waals surface area contributed by atoms with Crippen molar-refractivity contribution >= 4 is 40.8 Å². The lowest BCUT2D eigenvalue weighted by Gasteiger charge is -2.31. The van der Waals surface area contributed by atoms with Gasteiger partial charge in [0.25, 0.3) is 5.91 Å². The zero-order chi connectivity index (χ0) is 18.0. The van der Waals surface area contributed by atoms with Crippen LogP contribution in [0.25, 0.3) is 0 Å². The predicted octanol–water partition coefficient (Wildman–Crippen LogP) is 3.78. The van der Waals surface area contributed by atoms with Gasteiger partial charge in [0, 0.05) is 25.1 Å². The molecular weight excluding hydrogens is 365 g/mol. The Bertz CT molecular complexity index is 798. The minimum atomic E-state index is -0.170. The molecule has 6 nitrogen and oxygen atoms in total. The number of nitrogens with zero attached hydrogens (tertiary/aromatic N) is 2. The van der Waals surface area contributed by atoms with E-state index in [4.69, 9.17) is 27.7 Å². The number of aromatic nitrogens is 1. The Morgan fingerprint density at radius 1 is 1.28 bits per heavy atom. The van der Waals surface area contributed by atoms with Crippen molar-refractivity contribution in [1.29, 1.82) is 0 Å². The van der Waals surface area contributed by atoms with Crippen molar-refractivity contribution in [3.05, 3.63) is 45.6 Å². The number of benzene rings is 1. The lowest BCUT2D eigenvalue weighted by atomic mass is 9.95. The molecule has 1 aromatic heterocycles.